The molecule has 200 valence electrons. The maximum atomic E-state index is 5.92. The summed E-state index contributed by atoms with van der Waals surface area (Å²) in [5.41, 5.74) is 0. The first-order chi connectivity index (χ1) is 16.1. The zero-order chi connectivity index (χ0) is 24.3. The van der Waals surface area contributed by atoms with Gasteiger partial charge in [0.15, 0.2) is 8.32 Å². The number of hydrogen-bond acceptors (Lipinski definition) is 1. The van der Waals surface area contributed by atoms with Gasteiger partial charge < -0.3 is 4.43 Å². The Morgan fingerprint density at radius 3 is 0.758 bits per heavy atom. The molecular formula is C31H66OSi. The molecule has 0 amide bonds. The van der Waals surface area contributed by atoms with Gasteiger partial charge in [-0.2, -0.15) is 0 Å². The van der Waals surface area contributed by atoms with E-state index in [2.05, 4.69) is 26.6 Å². The van der Waals surface area contributed by atoms with Crippen molar-refractivity contribution < 1.29 is 4.43 Å². The van der Waals surface area contributed by atoms with Crippen LogP contribution in [-0.2, 0) is 4.43 Å². The molecule has 0 N–H and O–H groups in total. The summed E-state index contributed by atoms with van der Waals surface area (Å²) in [6.07, 6.45) is 37.9. The second-order valence-electron chi connectivity index (χ2n) is 11.8. The highest BCUT2D eigenvalue weighted by atomic mass is 28.4. The van der Waals surface area contributed by atoms with E-state index in [0.717, 1.165) is 6.61 Å². The Morgan fingerprint density at radius 1 is 0.333 bits per heavy atom. The van der Waals surface area contributed by atoms with Gasteiger partial charge in [0, 0.05) is 6.61 Å². The normalized spacial score (nSPS) is 12.0. The van der Waals surface area contributed by atoms with Crippen molar-refractivity contribution in [2.75, 3.05) is 6.61 Å². The Bertz CT molecular complexity index is 349. The van der Waals surface area contributed by atoms with Gasteiger partial charge in [0.25, 0.3) is 0 Å². The highest BCUT2D eigenvalue weighted by molar-refractivity contribution is 6.69. The molecule has 0 rings (SSSR count). The summed E-state index contributed by atoms with van der Waals surface area (Å²) >= 11 is 0. The van der Waals surface area contributed by atoms with E-state index in [-0.39, 0.29) is 0 Å². The van der Waals surface area contributed by atoms with Gasteiger partial charge in [-0.25, -0.2) is 0 Å². The molecule has 0 aromatic carbocycles. The highest BCUT2D eigenvalue weighted by Crippen LogP contribution is 2.16. The van der Waals surface area contributed by atoms with Crippen LogP contribution in [-0.4, -0.2) is 14.9 Å². The summed E-state index contributed by atoms with van der Waals surface area (Å²) < 4.78 is 5.92. The van der Waals surface area contributed by atoms with Crippen LogP contribution in [0.25, 0.3) is 0 Å². The third kappa shape index (κ3) is 32.2. The fourth-order valence-electron chi connectivity index (χ4n) is 4.80. The van der Waals surface area contributed by atoms with E-state index in [1.807, 2.05) is 0 Å². The standard InChI is InChI=1S/C31H66OSi/c1-5-6-7-8-9-10-11-12-13-14-15-16-17-18-19-20-21-22-23-24-25-26-27-28-29-30-31-32-33(2,3)4/h5-31H2,1-4H3. The monoisotopic (exact) mass is 482 g/mol. The summed E-state index contributed by atoms with van der Waals surface area (Å²) in [5, 5.41) is 0. The zero-order valence-corrected chi connectivity index (χ0v) is 25.0. The predicted molar refractivity (Wildman–Crippen MR) is 155 cm³/mol. The molecule has 0 spiro atoms. The Labute approximate surface area is 212 Å². The van der Waals surface area contributed by atoms with Crippen molar-refractivity contribution in [2.45, 2.75) is 194 Å². The maximum absolute atomic E-state index is 5.92. The van der Waals surface area contributed by atoms with Gasteiger partial charge in [0.2, 0.25) is 0 Å². The Hall–Kier alpha value is 0.177. The van der Waals surface area contributed by atoms with Gasteiger partial charge in [0.05, 0.1) is 0 Å². The Balaban J connectivity index is 3.03. The summed E-state index contributed by atoms with van der Waals surface area (Å²) in [4.78, 5) is 0. The van der Waals surface area contributed by atoms with Crippen molar-refractivity contribution in [3.63, 3.8) is 0 Å². The smallest absolute Gasteiger partial charge is 0.183 e. The summed E-state index contributed by atoms with van der Waals surface area (Å²) in [5.74, 6) is 0. The number of unbranched alkanes of at least 4 members (excludes halogenated alkanes) is 25. The van der Waals surface area contributed by atoms with Crippen molar-refractivity contribution in [1.29, 1.82) is 0 Å². The summed E-state index contributed by atoms with van der Waals surface area (Å²) in [6.45, 7) is 10.2. The maximum Gasteiger partial charge on any atom is 0.183 e. The third-order valence-corrected chi connectivity index (χ3v) is 8.10. The molecule has 0 aliphatic carbocycles. The van der Waals surface area contributed by atoms with Crippen molar-refractivity contribution in [2.24, 2.45) is 0 Å². The van der Waals surface area contributed by atoms with E-state index in [0.29, 0.717) is 0 Å². The van der Waals surface area contributed by atoms with Crippen LogP contribution < -0.4 is 0 Å². The average Bonchev–Trinajstić information content (AvgIpc) is 2.78. The molecule has 0 atom stereocenters. The van der Waals surface area contributed by atoms with E-state index < -0.39 is 8.32 Å². The van der Waals surface area contributed by atoms with Gasteiger partial charge >= 0.3 is 0 Å². The van der Waals surface area contributed by atoms with E-state index in [1.165, 1.54) is 167 Å². The van der Waals surface area contributed by atoms with Crippen LogP contribution >= 0.6 is 0 Å². The van der Waals surface area contributed by atoms with Gasteiger partial charge in [-0.3, -0.25) is 0 Å². The zero-order valence-electron chi connectivity index (χ0n) is 24.0. The number of hydrogen-bond donors (Lipinski definition) is 0. The van der Waals surface area contributed by atoms with Crippen molar-refractivity contribution in [1.82, 2.24) is 0 Å². The molecule has 0 saturated carbocycles. The van der Waals surface area contributed by atoms with E-state index >= 15 is 0 Å². The lowest BCUT2D eigenvalue weighted by Crippen LogP contribution is -2.25. The number of rotatable bonds is 28. The molecule has 0 saturated heterocycles. The minimum Gasteiger partial charge on any atom is -0.418 e. The summed E-state index contributed by atoms with van der Waals surface area (Å²) in [6, 6.07) is 0. The fraction of sp³-hybridized carbons (Fsp3) is 1.00. The second-order valence-corrected chi connectivity index (χ2v) is 16.3. The van der Waals surface area contributed by atoms with E-state index in [9.17, 15) is 0 Å². The largest absolute Gasteiger partial charge is 0.418 e. The SMILES string of the molecule is CCCCCCCCCCCCCCCCCCCCCCCCCCCCO[Si](C)(C)C. The average molecular weight is 483 g/mol. The first kappa shape index (κ1) is 33.2. The van der Waals surface area contributed by atoms with Crippen molar-refractivity contribution in [3.8, 4) is 0 Å². The van der Waals surface area contributed by atoms with Gasteiger partial charge in [-0.15, -0.1) is 0 Å². The lowest BCUT2D eigenvalue weighted by atomic mass is 10.0. The first-order valence-electron chi connectivity index (χ1n) is 15.7. The van der Waals surface area contributed by atoms with Crippen LogP contribution in [0.5, 0.6) is 0 Å². The molecule has 0 aliphatic heterocycles. The predicted octanol–water partition coefficient (Wildman–Crippen LogP) is 12.0. The molecule has 0 fully saturated rings. The molecule has 0 aliphatic rings. The Kier molecular flexibility index (Phi) is 26.9. The molecular weight excluding hydrogens is 416 g/mol. The first-order valence-corrected chi connectivity index (χ1v) is 19.1. The van der Waals surface area contributed by atoms with Crippen LogP contribution in [0.4, 0.5) is 0 Å². The fourth-order valence-corrected chi connectivity index (χ4v) is 5.55. The lowest BCUT2D eigenvalue weighted by Gasteiger charge is -2.16. The Morgan fingerprint density at radius 2 is 0.545 bits per heavy atom. The van der Waals surface area contributed by atoms with Crippen molar-refractivity contribution in [3.05, 3.63) is 0 Å². The van der Waals surface area contributed by atoms with Gasteiger partial charge in [-0.1, -0.05) is 167 Å². The minimum absolute atomic E-state index is 0.995. The molecule has 0 aromatic rings. The molecule has 33 heavy (non-hydrogen) atoms. The van der Waals surface area contributed by atoms with E-state index in [1.54, 1.807) is 0 Å². The lowest BCUT2D eigenvalue weighted by molar-refractivity contribution is 0.298. The highest BCUT2D eigenvalue weighted by Gasteiger charge is 2.12. The van der Waals surface area contributed by atoms with Crippen LogP contribution in [0.15, 0.2) is 0 Å². The molecule has 0 heterocycles. The van der Waals surface area contributed by atoms with Crippen molar-refractivity contribution >= 4 is 8.32 Å². The van der Waals surface area contributed by atoms with E-state index in [4.69, 9.17) is 4.43 Å². The van der Waals surface area contributed by atoms with Crippen LogP contribution in [0.2, 0.25) is 19.6 Å². The third-order valence-electron chi connectivity index (χ3n) is 7.03. The van der Waals surface area contributed by atoms with Crippen LogP contribution in [0, 0.1) is 0 Å². The molecule has 0 bridgehead atoms. The molecule has 1 nitrogen and oxygen atoms in total. The molecule has 0 aromatic heterocycles. The van der Waals surface area contributed by atoms with Gasteiger partial charge in [-0.05, 0) is 26.1 Å². The quantitative estimate of drug-likeness (QED) is 0.0795. The molecule has 0 radical (unpaired) electrons. The second kappa shape index (κ2) is 26.8. The van der Waals surface area contributed by atoms with Gasteiger partial charge in [0.1, 0.15) is 0 Å². The molecule has 0 unspecified atom stereocenters. The summed E-state index contributed by atoms with van der Waals surface area (Å²) in [7, 11) is -1.28. The minimum atomic E-state index is -1.28. The topological polar surface area (TPSA) is 9.23 Å². The van der Waals surface area contributed by atoms with Crippen LogP contribution in [0.1, 0.15) is 174 Å². The van der Waals surface area contributed by atoms with Crippen LogP contribution in [0.3, 0.4) is 0 Å². The molecule has 2 heteroatoms.